The topological polar surface area (TPSA) is 58.2 Å². The molecule has 4 nitrogen and oxygen atoms in total. The van der Waals surface area contributed by atoms with Gasteiger partial charge in [0.15, 0.2) is 0 Å². The van der Waals surface area contributed by atoms with E-state index in [1.807, 2.05) is 0 Å². The molecule has 1 rings (SSSR count). The molecule has 0 bridgehead atoms. The molecule has 0 fully saturated rings. The van der Waals surface area contributed by atoms with Crippen LogP contribution in [0.5, 0.6) is 0 Å². The van der Waals surface area contributed by atoms with Gasteiger partial charge in [-0.15, -0.1) is 11.6 Å². The first-order valence-corrected chi connectivity index (χ1v) is 6.22. The number of alkyl halides is 1. The Bertz CT molecular complexity index is 517. The van der Waals surface area contributed by atoms with Gasteiger partial charge in [-0.05, 0) is 24.3 Å². The van der Waals surface area contributed by atoms with E-state index in [-0.39, 0.29) is 17.7 Å². The summed E-state index contributed by atoms with van der Waals surface area (Å²) in [4.78, 5) is 22.2. The number of carbonyl (C=O) groups excluding carboxylic acids is 2. The van der Waals surface area contributed by atoms with E-state index in [9.17, 15) is 9.59 Å². The minimum absolute atomic E-state index is 0.0955. The number of hydrogen-bond acceptors (Lipinski definition) is 2. The zero-order valence-electron chi connectivity index (χ0n) is 10.5. The highest BCUT2D eigenvalue weighted by Crippen LogP contribution is 2.06. The highest BCUT2D eigenvalue weighted by molar-refractivity contribution is 6.29. The lowest BCUT2D eigenvalue weighted by molar-refractivity contribution is -0.114. The second kappa shape index (κ2) is 8.11. The van der Waals surface area contributed by atoms with Crippen molar-refractivity contribution in [1.29, 1.82) is 0 Å². The van der Waals surface area contributed by atoms with Crippen LogP contribution in [0.15, 0.2) is 48.5 Å². The Labute approximate surface area is 117 Å². The first-order chi connectivity index (χ1) is 9.11. The van der Waals surface area contributed by atoms with Crippen LogP contribution in [0.25, 0.3) is 0 Å². The molecule has 0 atom stereocenters. The molecule has 0 saturated heterocycles. The van der Waals surface area contributed by atoms with E-state index in [1.165, 1.54) is 6.92 Å². The Hall–Kier alpha value is -2.07. The van der Waals surface area contributed by atoms with Crippen LogP contribution in [-0.4, -0.2) is 17.7 Å². The number of anilines is 2. The summed E-state index contributed by atoms with van der Waals surface area (Å²) >= 11 is 5.43. The van der Waals surface area contributed by atoms with Crippen molar-refractivity contribution >= 4 is 34.8 Å². The van der Waals surface area contributed by atoms with E-state index in [2.05, 4.69) is 10.6 Å². The van der Waals surface area contributed by atoms with Crippen LogP contribution in [0.1, 0.15) is 6.92 Å². The second-order valence-electron chi connectivity index (χ2n) is 3.71. The third-order valence-corrected chi connectivity index (χ3v) is 2.29. The summed E-state index contributed by atoms with van der Waals surface area (Å²) in [6.45, 7) is 1.44. The maximum Gasteiger partial charge on any atom is 0.239 e. The van der Waals surface area contributed by atoms with E-state index in [0.717, 1.165) is 0 Å². The summed E-state index contributed by atoms with van der Waals surface area (Å²) in [7, 11) is 0. The molecule has 0 radical (unpaired) electrons. The molecule has 0 aliphatic heterocycles. The van der Waals surface area contributed by atoms with Crippen LogP contribution in [0, 0.1) is 0 Å². The number of carbonyl (C=O) groups is 2. The van der Waals surface area contributed by atoms with Gasteiger partial charge in [-0.1, -0.05) is 24.3 Å². The lowest BCUT2D eigenvalue weighted by Crippen LogP contribution is -2.11. The Kier molecular flexibility index (Phi) is 6.39. The molecule has 2 amide bonds. The lowest BCUT2D eigenvalue weighted by atomic mass is 10.3. The van der Waals surface area contributed by atoms with Crippen molar-refractivity contribution in [2.75, 3.05) is 16.5 Å². The van der Waals surface area contributed by atoms with Gasteiger partial charge in [0.05, 0.1) is 0 Å². The average Bonchev–Trinajstić information content (AvgIpc) is 2.37. The van der Waals surface area contributed by atoms with Crippen molar-refractivity contribution in [3.05, 3.63) is 48.5 Å². The first-order valence-electron chi connectivity index (χ1n) is 5.68. The number of nitrogens with one attached hydrogen (secondary N) is 2. The largest absolute Gasteiger partial charge is 0.326 e. The normalized spacial score (nSPS) is 9.16. The fourth-order valence-electron chi connectivity index (χ4n) is 1.31. The monoisotopic (exact) mass is 278 g/mol. The van der Waals surface area contributed by atoms with Gasteiger partial charge in [-0.2, -0.15) is 0 Å². The molecule has 0 saturated carbocycles. The Balaban J connectivity index is 3.05. The van der Waals surface area contributed by atoms with Gasteiger partial charge in [-0.3, -0.25) is 9.59 Å². The van der Waals surface area contributed by atoms with E-state index in [4.69, 9.17) is 11.6 Å². The molecule has 1 aromatic carbocycles. The van der Waals surface area contributed by atoms with Crippen LogP contribution in [0.3, 0.4) is 0 Å². The van der Waals surface area contributed by atoms with Crippen molar-refractivity contribution in [1.82, 2.24) is 0 Å². The standard InChI is InChI=1S/C14H15ClN2O2/c1-11(18)16-12-6-3-2-4-7-13(9-5-8-12)17-14(19)10-15/h2-9H,10H2,1H3,(H,16,18)(H,17,19). The van der Waals surface area contributed by atoms with Crippen LogP contribution in [0.2, 0.25) is 0 Å². The third kappa shape index (κ3) is 6.43. The Morgan fingerprint density at radius 2 is 1.47 bits per heavy atom. The molecular weight excluding hydrogens is 264 g/mol. The number of amides is 2. The molecule has 100 valence electrons. The number of hydrogen-bond donors (Lipinski definition) is 2. The lowest BCUT2D eigenvalue weighted by Gasteiger charge is -2.00. The van der Waals surface area contributed by atoms with Gasteiger partial charge >= 0.3 is 0 Å². The van der Waals surface area contributed by atoms with E-state index in [0.29, 0.717) is 11.4 Å². The fraction of sp³-hybridized carbons (Fsp3) is 0.143. The minimum atomic E-state index is -0.273. The van der Waals surface area contributed by atoms with Gasteiger partial charge in [0.2, 0.25) is 11.8 Å². The molecular formula is C14H15ClN2O2. The molecule has 0 aromatic heterocycles. The molecule has 5 heteroatoms. The van der Waals surface area contributed by atoms with Gasteiger partial charge in [0.1, 0.15) is 5.88 Å². The van der Waals surface area contributed by atoms with Crippen LogP contribution in [0.4, 0.5) is 11.4 Å². The summed E-state index contributed by atoms with van der Waals surface area (Å²) < 4.78 is 0. The first kappa shape index (κ1) is 15.0. The van der Waals surface area contributed by atoms with E-state index < -0.39 is 0 Å². The predicted octanol–water partition coefficient (Wildman–Crippen LogP) is 2.95. The zero-order chi connectivity index (χ0) is 14.1. The second-order valence-corrected chi connectivity index (χ2v) is 3.98. The highest BCUT2D eigenvalue weighted by atomic mass is 35.5. The zero-order valence-corrected chi connectivity index (χ0v) is 11.3. The van der Waals surface area contributed by atoms with Gasteiger partial charge < -0.3 is 10.6 Å². The number of rotatable bonds is 3. The van der Waals surface area contributed by atoms with Gasteiger partial charge in [0, 0.05) is 18.3 Å². The molecule has 1 aromatic rings. The van der Waals surface area contributed by atoms with Crippen molar-refractivity contribution < 1.29 is 9.59 Å². The summed E-state index contributed by atoms with van der Waals surface area (Å²) in [6.07, 6.45) is 0. The molecule has 0 heterocycles. The van der Waals surface area contributed by atoms with E-state index >= 15 is 0 Å². The van der Waals surface area contributed by atoms with Crippen molar-refractivity contribution in [2.24, 2.45) is 0 Å². The molecule has 0 unspecified atom stereocenters. The predicted molar refractivity (Wildman–Crippen MR) is 77.7 cm³/mol. The summed E-state index contributed by atoms with van der Waals surface area (Å²) in [5.41, 5.74) is 1.29. The highest BCUT2D eigenvalue weighted by Gasteiger charge is 1.96. The molecule has 0 spiro atoms. The van der Waals surface area contributed by atoms with Crippen molar-refractivity contribution in [2.45, 2.75) is 6.92 Å². The summed E-state index contributed by atoms with van der Waals surface area (Å²) in [6, 6.07) is 14.1. The number of halogens is 1. The quantitative estimate of drug-likeness (QED) is 0.835. The molecule has 0 aliphatic rings. The minimum Gasteiger partial charge on any atom is -0.326 e. The molecule has 0 aliphatic carbocycles. The van der Waals surface area contributed by atoms with Crippen LogP contribution >= 0.6 is 11.6 Å². The average molecular weight is 279 g/mol. The summed E-state index contributed by atoms with van der Waals surface area (Å²) in [5, 5.41) is 5.34. The molecule has 2 N–H and O–H groups in total. The van der Waals surface area contributed by atoms with Crippen molar-refractivity contribution in [3.63, 3.8) is 0 Å². The van der Waals surface area contributed by atoms with Gasteiger partial charge in [0.25, 0.3) is 0 Å². The van der Waals surface area contributed by atoms with Crippen LogP contribution < -0.4 is 10.6 Å². The smallest absolute Gasteiger partial charge is 0.239 e. The molecule has 19 heavy (non-hydrogen) atoms. The van der Waals surface area contributed by atoms with Crippen molar-refractivity contribution in [3.8, 4) is 0 Å². The summed E-state index contributed by atoms with van der Waals surface area (Å²) in [5.74, 6) is -0.511. The van der Waals surface area contributed by atoms with Crippen LogP contribution in [-0.2, 0) is 9.59 Å². The van der Waals surface area contributed by atoms with Gasteiger partial charge in [-0.25, -0.2) is 0 Å². The fourth-order valence-corrected chi connectivity index (χ4v) is 1.38. The maximum absolute atomic E-state index is 11.2. The maximum atomic E-state index is 11.2. The SMILES string of the molecule is CC(=O)Nc1cccccc(NC(=O)CCl)ccc1. The Morgan fingerprint density at radius 3 is 2.00 bits per heavy atom. The van der Waals surface area contributed by atoms with E-state index in [1.54, 1.807) is 48.5 Å². The Morgan fingerprint density at radius 1 is 0.947 bits per heavy atom. The third-order valence-electron chi connectivity index (χ3n) is 2.05.